The molecule has 4 nitrogen and oxygen atoms in total. The Kier molecular flexibility index (Phi) is 3.75. The minimum absolute atomic E-state index is 0.428. The fourth-order valence-electron chi connectivity index (χ4n) is 1.82. The van der Waals surface area contributed by atoms with Crippen LogP contribution in [0.5, 0.6) is 0 Å². The van der Waals surface area contributed by atoms with E-state index in [4.69, 9.17) is 0 Å². The van der Waals surface area contributed by atoms with E-state index >= 15 is 0 Å². The Morgan fingerprint density at radius 2 is 1.78 bits per heavy atom. The summed E-state index contributed by atoms with van der Waals surface area (Å²) in [6, 6.07) is 8.14. The third-order valence-corrected chi connectivity index (χ3v) is 5.11. The Morgan fingerprint density at radius 1 is 1.22 bits per heavy atom. The van der Waals surface area contributed by atoms with Crippen LogP contribution in [-0.2, 0) is 16.8 Å². The van der Waals surface area contributed by atoms with Crippen LogP contribution in [0.15, 0.2) is 24.3 Å². The Hall–Kier alpha value is -0.910. The molecule has 2 rings (SSSR count). The lowest BCUT2D eigenvalue weighted by Crippen LogP contribution is -2.31. The first-order valence-corrected chi connectivity index (χ1v) is 7.61. The molecule has 1 aliphatic heterocycles. The van der Waals surface area contributed by atoms with Gasteiger partial charge in [0.15, 0.2) is 0 Å². The summed E-state index contributed by atoms with van der Waals surface area (Å²) in [5, 5.41) is 0. The van der Waals surface area contributed by atoms with Crippen LogP contribution < -0.4 is 0 Å². The van der Waals surface area contributed by atoms with E-state index in [0.29, 0.717) is 25.6 Å². The van der Waals surface area contributed by atoms with Crippen LogP contribution in [0.3, 0.4) is 0 Å². The molecule has 0 amide bonds. The molecule has 1 aliphatic rings. The van der Waals surface area contributed by atoms with Crippen LogP contribution in [0, 0.1) is 0 Å². The topological polar surface area (TPSA) is 40.4 Å². The summed E-state index contributed by atoms with van der Waals surface area (Å²) in [6.07, 6.45) is 0. The summed E-state index contributed by atoms with van der Waals surface area (Å²) < 4.78 is 26.7. The van der Waals surface area contributed by atoms with Gasteiger partial charge in [-0.1, -0.05) is 38.1 Å². The number of benzene rings is 1. The number of nitrogens with zero attached hydrogens (tertiary/aromatic N) is 2. The van der Waals surface area contributed by atoms with E-state index in [0.717, 1.165) is 5.56 Å². The smallest absolute Gasteiger partial charge is 0.195 e. The summed E-state index contributed by atoms with van der Waals surface area (Å²) in [7, 11) is -1.59. The zero-order valence-corrected chi connectivity index (χ0v) is 11.9. The molecule has 100 valence electrons. The number of hydrogen-bond acceptors (Lipinski definition) is 2. The van der Waals surface area contributed by atoms with Crippen molar-refractivity contribution in [1.82, 2.24) is 8.61 Å². The molecule has 0 unspecified atom stereocenters. The van der Waals surface area contributed by atoms with Crippen LogP contribution in [0.2, 0.25) is 0 Å². The zero-order chi connectivity index (χ0) is 13.3. The van der Waals surface area contributed by atoms with Gasteiger partial charge < -0.3 is 0 Å². The molecule has 0 radical (unpaired) electrons. The van der Waals surface area contributed by atoms with Crippen molar-refractivity contribution in [2.45, 2.75) is 26.3 Å². The Bertz CT molecular complexity index is 504. The van der Waals surface area contributed by atoms with Gasteiger partial charge in [0.25, 0.3) is 10.2 Å². The van der Waals surface area contributed by atoms with Crippen LogP contribution in [0.25, 0.3) is 0 Å². The Balaban J connectivity index is 2.05. The molecular weight excluding hydrogens is 248 g/mol. The van der Waals surface area contributed by atoms with Crippen molar-refractivity contribution in [3.05, 3.63) is 35.4 Å². The van der Waals surface area contributed by atoms with Crippen molar-refractivity contribution in [3.8, 4) is 0 Å². The lowest BCUT2D eigenvalue weighted by atomic mass is 10.0. The molecule has 5 heteroatoms. The number of rotatable bonds is 5. The van der Waals surface area contributed by atoms with Gasteiger partial charge in [-0.15, -0.1) is 0 Å². The highest BCUT2D eigenvalue weighted by Crippen LogP contribution is 2.19. The molecule has 0 spiro atoms. The Morgan fingerprint density at radius 3 is 2.22 bits per heavy atom. The van der Waals surface area contributed by atoms with E-state index < -0.39 is 10.2 Å². The van der Waals surface area contributed by atoms with Crippen molar-refractivity contribution in [2.75, 3.05) is 20.1 Å². The minimum Gasteiger partial charge on any atom is -0.195 e. The highest BCUT2D eigenvalue weighted by Gasteiger charge is 2.34. The molecule has 0 bridgehead atoms. The van der Waals surface area contributed by atoms with Gasteiger partial charge in [0.05, 0.1) is 0 Å². The zero-order valence-electron chi connectivity index (χ0n) is 11.1. The fourth-order valence-corrected chi connectivity index (χ4v) is 3.06. The fraction of sp³-hybridized carbons (Fsp3) is 0.538. The molecule has 0 N–H and O–H groups in total. The van der Waals surface area contributed by atoms with E-state index in [9.17, 15) is 8.42 Å². The molecule has 1 aromatic carbocycles. The quantitative estimate of drug-likeness (QED) is 0.764. The number of hydrogen-bond donors (Lipinski definition) is 0. The summed E-state index contributed by atoms with van der Waals surface area (Å²) >= 11 is 0. The van der Waals surface area contributed by atoms with Crippen LogP contribution in [-0.4, -0.2) is 37.2 Å². The van der Waals surface area contributed by atoms with Gasteiger partial charge in [-0.2, -0.15) is 17.0 Å². The van der Waals surface area contributed by atoms with Crippen LogP contribution >= 0.6 is 0 Å². The molecule has 1 fully saturated rings. The van der Waals surface area contributed by atoms with E-state index in [1.807, 2.05) is 12.1 Å². The van der Waals surface area contributed by atoms with Gasteiger partial charge >= 0.3 is 0 Å². The van der Waals surface area contributed by atoms with Crippen molar-refractivity contribution in [1.29, 1.82) is 0 Å². The van der Waals surface area contributed by atoms with Crippen LogP contribution in [0.4, 0.5) is 0 Å². The Labute approximate surface area is 109 Å². The maximum atomic E-state index is 11.9. The molecule has 0 atom stereocenters. The summed E-state index contributed by atoms with van der Waals surface area (Å²) in [6.45, 7) is 6.02. The van der Waals surface area contributed by atoms with Crippen LogP contribution in [0.1, 0.15) is 30.9 Å². The standard InChI is InChI=1S/C13H20N2O2S/c1-11(2)13-6-4-12(5-7-13)10-14(3)18(16,17)15-8-9-15/h4-7,11H,8-10H2,1-3H3. The summed E-state index contributed by atoms with van der Waals surface area (Å²) in [5.41, 5.74) is 2.29. The van der Waals surface area contributed by atoms with E-state index in [1.165, 1.54) is 14.2 Å². The third-order valence-electron chi connectivity index (χ3n) is 3.18. The first-order valence-electron chi connectivity index (χ1n) is 6.21. The summed E-state index contributed by atoms with van der Waals surface area (Å²) in [5.74, 6) is 0.498. The van der Waals surface area contributed by atoms with Crippen molar-refractivity contribution >= 4 is 10.2 Å². The second-order valence-corrected chi connectivity index (χ2v) is 7.09. The van der Waals surface area contributed by atoms with Gasteiger partial charge in [-0.05, 0) is 17.0 Å². The second-order valence-electron chi connectivity index (χ2n) is 5.06. The van der Waals surface area contributed by atoms with E-state index in [-0.39, 0.29) is 0 Å². The first kappa shape index (κ1) is 13.5. The maximum absolute atomic E-state index is 11.9. The molecule has 18 heavy (non-hydrogen) atoms. The van der Waals surface area contributed by atoms with Gasteiger partial charge in [0, 0.05) is 26.7 Å². The molecule has 0 saturated carbocycles. The third kappa shape index (κ3) is 2.91. The van der Waals surface area contributed by atoms with Gasteiger partial charge in [-0.25, -0.2) is 0 Å². The molecule has 1 aromatic rings. The summed E-state index contributed by atoms with van der Waals surface area (Å²) in [4.78, 5) is 0. The predicted octanol–water partition coefficient (Wildman–Crippen LogP) is 1.80. The van der Waals surface area contributed by atoms with Crippen molar-refractivity contribution in [2.24, 2.45) is 0 Å². The highest BCUT2D eigenvalue weighted by molar-refractivity contribution is 7.86. The average molecular weight is 268 g/mol. The lowest BCUT2D eigenvalue weighted by Gasteiger charge is -2.17. The normalized spacial score (nSPS) is 16.5. The van der Waals surface area contributed by atoms with Crippen molar-refractivity contribution in [3.63, 3.8) is 0 Å². The SMILES string of the molecule is CC(C)c1ccc(CN(C)S(=O)(=O)N2CC2)cc1. The van der Waals surface area contributed by atoms with E-state index in [1.54, 1.807) is 7.05 Å². The maximum Gasteiger partial charge on any atom is 0.282 e. The average Bonchev–Trinajstić information content (AvgIpc) is 3.13. The molecule has 1 saturated heterocycles. The van der Waals surface area contributed by atoms with Gasteiger partial charge in [0.2, 0.25) is 0 Å². The molecule has 1 heterocycles. The van der Waals surface area contributed by atoms with E-state index in [2.05, 4.69) is 26.0 Å². The molecular formula is C13H20N2O2S. The predicted molar refractivity (Wildman–Crippen MR) is 72.5 cm³/mol. The largest absolute Gasteiger partial charge is 0.282 e. The molecule has 0 aromatic heterocycles. The van der Waals surface area contributed by atoms with Gasteiger partial charge in [0.1, 0.15) is 0 Å². The highest BCUT2D eigenvalue weighted by atomic mass is 32.2. The minimum atomic E-state index is -3.22. The van der Waals surface area contributed by atoms with Gasteiger partial charge in [-0.3, -0.25) is 0 Å². The first-order chi connectivity index (χ1) is 8.41. The second kappa shape index (κ2) is 4.99. The van der Waals surface area contributed by atoms with Crippen molar-refractivity contribution < 1.29 is 8.42 Å². The molecule has 0 aliphatic carbocycles. The monoisotopic (exact) mass is 268 g/mol. The lowest BCUT2D eigenvalue weighted by molar-refractivity contribution is 0.439.